The summed E-state index contributed by atoms with van der Waals surface area (Å²) >= 11 is 0. The van der Waals surface area contributed by atoms with Crippen LogP contribution in [-0.4, -0.2) is 43.0 Å². The van der Waals surface area contributed by atoms with Gasteiger partial charge in [-0.1, -0.05) is 12.1 Å². The van der Waals surface area contributed by atoms with Crippen LogP contribution in [0, 0.1) is 5.92 Å². The number of hydrogen-bond acceptors (Lipinski definition) is 4. The van der Waals surface area contributed by atoms with Crippen molar-refractivity contribution in [2.24, 2.45) is 5.92 Å². The monoisotopic (exact) mass is 249 g/mol. The van der Waals surface area contributed by atoms with Gasteiger partial charge in [-0.3, -0.25) is 0 Å². The first-order valence-electron chi connectivity index (χ1n) is 6.38. The summed E-state index contributed by atoms with van der Waals surface area (Å²) in [6, 6.07) is 5.89. The normalized spacial score (nSPS) is 31.2. The number of ether oxygens (including phenoxy) is 2. The molecule has 1 aromatic carbocycles. The highest BCUT2D eigenvalue weighted by Gasteiger charge is 2.46. The maximum Gasteiger partial charge on any atom is 0.213 e. The zero-order valence-electron chi connectivity index (χ0n) is 10.8. The van der Waals surface area contributed by atoms with Gasteiger partial charge in [-0.2, -0.15) is 0 Å². The number of methoxy groups -OCH3 is 1. The predicted octanol–water partition coefficient (Wildman–Crippen LogP) is 1.27. The molecule has 0 saturated carbocycles. The van der Waals surface area contributed by atoms with Gasteiger partial charge < -0.3 is 19.5 Å². The summed E-state index contributed by atoms with van der Waals surface area (Å²) in [5.74, 6) is 0.520. The van der Waals surface area contributed by atoms with Crippen molar-refractivity contribution in [3.63, 3.8) is 0 Å². The molecule has 18 heavy (non-hydrogen) atoms. The van der Waals surface area contributed by atoms with Crippen LogP contribution in [0.4, 0.5) is 0 Å². The van der Waals surface area contributed by atoms with Gasteiger partial charge in [0.25, 0.3) is 0 Å². The van der Waals surface area contributed by atoms with Crippen LogP contribution in [-0.2, 0) is 6.42 Å². The number of piperidine rings is 1. The molecule has 4 heteroatoms. The molecule has 0 spiro atoms. The Kier molecular flexibility index (Phi) is 2.72. The van der Waals surface area contributed by atoms with Gasteiger partial charge in [-0.25, -0.2) is 0 Å². The molecular weight excluding hydrogens is 230 g/mol. The fraction of sp³-hybridized carbons (Fsp3) is 0.571. The fourth-order valence-electron chi connectivity index (χ4n) is 2.96. The minimum absolute atomic E-state index is 0.135. The lowest BCUT2D eigenvalue weighted by Gasteiger charge is -2.46. The van der Waals surface area contributed by atoms with Crippen molar-refractivity contribution in [2.75, 3.05) is 27.2 Å². The second-order valence-corrected chi connectivity index (χ2v) is 5.31. The van der Waals surface area contributed by atoms with Crippen LogP contribution in [0.15, 0.2) is 18.2 Å². The van der Waals surface area contributed by atoms with E-state index in [0.29, 0.717) is 17.9 Å². The van der Waals surface area contributed by atoms with E-state index >= 15 is 0 Å². The van der Waals surface area contributed by atoms with E-state index in [-0.39, 0.29) is 5.92 Å². The van der Waals surface area contributed by atoms with Crippen molar-refractivity contribution in [1.29, 1.82) is 0 Å². The van der Waals surface area contributed by atoms with E-state index in [4.69, 9.17) is 9.47 Å². The van der Waals surface area contributed by atoms with Gasteiger partial charge in [0, 0.05) is 25.4 Å². The Hall–Kier alpha value is -1.26. The summed E-state index contributed by atoms with van der Waals surface area (Å²) in [5, 5.41) is 10.7. The Morgan fingerprint density at radius 1 is 1.50 bits per heavy atom. The molecule has 0 radical (unpaired) electrons. The van der Waals surface area contributed by atoms with Gasteiger partial charge in [0.05, 0.1) is 7.11 Å². The van der Waals surface area contributed by atoms with Gasteiger partial charge in [0.15, 0.2) is 11.5 Å². The zero-order chi connectivity index (χ0) is 12.8. The van der Waals surface area contributed by atoms with Crippen molar-refractivity contribution >= 4 is 0 Å². The van der Waals surface area contributed by atoms with Crippen LogP contribution < -0.4 is 9.47 Å². The Morgan fingerprint density at radius 2 is 2.33 bits per heavy atom. The number of fused-ring (bicyclic) bond motifs is 2. The average Bonchev–Trinajstić information content (AvgIpc) is 2.36. The summed E-state index contributed by atoms with van der Waals surface area (Å²) in [5.41, 5.74) is 1.12. The maximum absolute atomic E-state index is 10.7. The predicted molar refractivity (Wildman–Crippen MR) is 67.9 cm³/mol. The van der Waals surface area contributed by atoms with E-state index in [2.05, 4.69) is 11.9 Å². The molecule has 2 aliphatic rings. The topological polar surface area (TPSA) is 41.9 Å². The number of hydrogen-bond donors (Lipinski definition) is 1. The molecule has 1 aromatic rings. The molecule has 1 fully saturated rings. The molecule has 2 aliphatic heterocycles. The lowest BCUT2D eigenvalue weighted by atomic mass is 9.83. The second kappa shape index (κ2) is 4.14. The van der Waals surface area contributed by atoms with Gasteiger partial charge in [-0.05, 0) is 25.1 Å². The number of benzene rings is 1. The fourth-order valence-corrected chi connectivity index (χ4v) is 2.96. The van der Waals surface area contributed by atoms with Gasteiger partial charge in [0.1, 0.15) is 0 Å². The smallest absolute Gasteiger partial charge is 0.213 e. The van der Waals surface area contributed by atoms with E-state index < -0.39 is 5.79 Å². The third kappa shape index (κ3) is 1.76. The molecular formula is C14H19NO3. The van der Waals surface area contributed by atoms with Gasteiger partial charge in [-0.15, -0.1) is 0 Å². The van der Waals surface area contributed by atoms with E-state index in [0.717, 1.165) is 25.1 Å². The third-order valence-corrected chi connectivity index (χ3v) is 4.05. The number of nitrogens with zero attached hydrogens (tertiary/aromatic N) is 1. The summed E-state index contributed by atoms with van der Waals surface area (Å²) in [6.07, 6.45) is 1.49. The summed E-state index contributed by atoms with van der Waals surface area (Å²) in [7, 11) is 3.71. The molecule has 1 N–H and O–H groups in total. The molecule has 0 bridgehead atoms. The van der Waals surface area contributed by atoms with E-state index in [1.54, 1.807) is 7.11 Å². The Labute approximate surface area is 107 Å². The minimum Gasteiger partial charge on any atom is -0.493 e. The number of aliphatic hydroxyl groups is 1. The first kappa shape index (κ1) is 11.8. The SMILES string of the molecule is COc1cccc2c1O[C@]1(O)CCN(C)C[C@@H]1C2. The van der Waals surface area contributed by atoms with Gasteiger partial charge in [0.2, 0.25) is 5.79 Å². The quantitative estimate of drug-likeness (QED) is 0.814. The van der Waals surface area contributed by atoms with Crippen LogP contribution in [0.2, 0.25) is 0 Å². The maximum atomic E-state index is 10.7. The van der Waals surface area contributed by atoms with Crippen molar-refractivity contribution in [3.8, 4) is 11.5 Å². The molecule has 2 heterocycles. The molecule has 4 nitrogen and oxygen atoms in total. The van der Waals surface area contributed by atoms with Crippen LogP contribution in [0.25, 0.3) is 0 Å². The molecule has 98 valence electrons. The van der Waals surface area contributed by atoms with Crippen molar-refractivity contribution < 1.29 is 14.6 Å². The van der Waals surface area contributed by atoms with E-state index in [9.17, 15) is 5.11 Å². The molecule has 0 aliphatic carbocycles. The standard InChI is InChI=1S/C14H19NO3/c1-15-7-6-14(16)11(9-15)8-10-4-3-5-12(17-2)13(10)18-14/h3-5,11,16H,6-9H2,1-2H3/t11-,14+/m0/s1. The zero-order valence-corrected chi connectivity index (χ0v) is 10.8. The molecule has 0 aromatic heterocycles. The summed E-state index contributed by atoms with van der Waals surface area (Å²) in [4.78, 5) is 2.24. The second-order valence-electron chi connectivity index (χ2n) is 5.31. The van der Waals surface area contributed by atoms with Crippen LogP contribution >= 0.6 is 0 Å². The molecule has 2 atom stereocenters. The van der Waals surface area contributed by atoms with Crippen LogP contribution in [0.1, 0.15) is 12.0 Å². The van der Waals surface area contributed by atoms with E-state index in [1.807, 2.05) is 18.2 Å². The van der Waals surface area contributed by atoms with Crippen LogP contribution in [0.3, 0.4) is 0 Å². The highest BCUT2D eigenvalue weighted by atomic mass is 16.6. The van der Waals surface area contributed by atoms with Crippen molar-refractivity contribution in [1.82, 2.24) is 4.90 Å². The largest absolute Gasteiger partial charge is 0.493 e. The first-order valence-corrected chi connectivity index (χ1v) is 6.38. The Balaban J connectivity index is 1.98. The van der Waals surface area contributed by atoms with Crippen molar-refractivity contribution in [2.45, 2.75) is 18.6 Å². The average molecular weight is 249 g/mol. The highest BCUT2D eigenvalue weighted by Crippen LogP contribution is 2.44. The number of para-hydroxylation sites is 1. The first-order chi connectivity index (χ1) is 8.62. The van der Waals surface area contributed by atoms with Gasteiger partial charge >= 0.3 is 0 Å². The molecule has 3 rings (SSSR count). The van der Waals surface area contributed by atoms with Crippen molar-refractivity contribution in [3.05, 3.63) is 23.8 Å². The number of rotatable bonds is 1. The third-order valence-electron chi connectivity index (χ3n) is 4.05. The molecule has 0 amide bonds. The number of likely N-dealkylation sites (tertiary alicyclic amines) is 1. The molecule has 0 unspecified atom stereocenters. The Bertz CT molecular complexity index is 462. The van der Waals surface area contributed by atoms with E-state index in [1.165, 1.54) is 0 Å². The minimum atomic E-state index is -1.03. The highest BCUT2D eigenvalue weighted by molar-refractivity contribution is 5.48. The summed E-state index contributed by atoms with van der Waals surface area (Å²) < 4.78 is 11.2. The van der Waals surface area contributed by atoms with Crippen LogP contribution in [0.5, 0.6) is 11.5 Å². The lowest BCUT2D eigenvalue weighted by Crippen LogP contribution is -2.56. The lowest BCUT2D eigenvalue weighted by molar-refractivity contribution is -0.212. The molecule has 1 saturated heterocycles. The summed E-state index contributed by atoms with van der Waals surface area (Å²) in [6.45, 7) is 1.73. The Morgan fingerprint density at radius 3 is 3.11 bits per heavy atom.